The van der Waals surface area contributed by atoms with Crippen LogP contribution in [0.3, 0.4) is 0 Å². The number of carbonyl (C=O) groups is 1. The molecule has 1 aliphatic carbocycles. The van der Waals surface area contributed by atoms with E-state index in [1.165, 1.54) is 44.1 Å². The molecule has 0 amide bonds. The van der Waals surface area contributed by atoms with Crippen molar-refractivity contribution in [3.8, 4) is 0 Å². The van der Waals surface area contributed by atoms with E-state index >= 15 is 0 Å². The molecular weight excluding hydrogens is 330 g/mol. The van der Waals surface area contributed by atoms with Gasteiger partial charge in [0.25, 0.3) is 0 Å². The number of benzene rings is 1. The molecule has 2 aliphatic rings. The lowest BCUT2D eigenvalue weighted by molar-refractivity contribution is 0.0701. The monoisotopic (exact) mass is 353 g/mol. The summed E-state index contributed by atoms with van der Waals surface area (Å²) < 4.78 is 0. The van der Waals surface area contributed by atoms with Crippen molar-refractivity contribution >= 4 is 22.9 Å². The van der Waals surface area contributed by atoms with Crippen LogP contribution in [0.1, 0.15) is 56.6 Å². The van der Waals surface area contributed by atoms with E-state index in [1.54, 1.807) is 0 Å². The summed E-state index contributed by atoms with van der Waals surface area (Å²) in [5.74, 6) is -0.780. The normalized spacial score (nSPS) is 17.0. The summed E-state index contributed by atoms with van der Waals surface area (Å²) in [5.41, 5.74) is 7.81. The first-order valence-corrected chi connectivity index (χ1v) is 9.91. The van der Waals surface area contributed by atoms with Gasteiger partial charge in [0.05, 0.1) is 0 Å². The highest BCUT2D eigenvalue weighted by Gasteiger charge is 2.29. The van der Waals surface area contributed by atoms with Gasteiger partial charge >= 0.3 is 5.97 Å². The SMILES string of the molecule is CCc1c(C(=O)O)sc2c1C(=C1CCNCC1)c1ccccc1CC2. The van der Waals surface area contributed by atoms with Crippen LogP contribution in [-0.2, 0) is 19.3 Å². The maximum atomic E-state index is 11.8. The zero-order valence-corrected chi connectivity index (χ0v) is 15.3. The fraction of sp³-hybridized carbons (Fsp3) is 0.381. The lowest BCUT2D eigenvalue weighted by atomic mass is 9.85. The van der Waals surface area contributed by atoms with Gasteiger partial charge in [0, 0.05) is 10.4 Å². The van der Waals surface area contributed by atoms with Gasteiger partial charge in [-0.05, 0) is 67.5 Å². The first kappa shape index (κ1) is 16.6. The number of carboxylic acid groups (broad SMARTS) is 1. The molecule has 1 saturated heterocycles. The molecule has 1 fully saturated rings. The summed E-state index contributed by atoms with van der Waals surface area (Å²) in [6.45, 7) is 4.09. The fourth-order valence-electron chi connectivity index (χ4n) is 4.20. The molecule has 2 heterocycles. The van der Waals surface area contributed by atoms with E-state index in [0.717, 1.165) is 50.8 Å². The number of hydrogen-bond acceptors (Lipinski definition) is 3. The molecule has 4 heteroatoms. The van der Waals surface area contributed by atoms with E-state index in [4.69, 9.17) is 0 Å². The van der Waals surface area contributed by atoms with Gasteiger partial charge in [-0.2, -0.15) is 0 Å². The maximum Gasteiger partial charge on any atom is 0.346 e. The number of hydrogen-bond donors (Lipinski definition) is 2. The third kappa shape index (κ3) is 2.83. The van der Waals surface area contributed by atoms with Gasteiger partial charge in [-0.3, -0.25) is 0 Å². The quantitative estimate of drug-likeness (QED) is 0.847. The summed E-state index contributed by atoms with van der Waals surface area (Å²) in [6.07, 6.45) is 4.78. The Kier molecular flexibility index (Phi) is 4.48. The zero-order chi connectivity index (χ0) is 17.4. The summed E-state index contributed by atoms with van der Waals surface area (Å²) in [6, 6.07) is 8.69. The molecule has 1 aromatic heterocycles. The van der Waals surface area contributed by atoms with Gasteiger partial charge in [0.2, 0.25) is 0 Å². The topological polar surface area (TPSA) is 49.3 Å². The molecule has 2 aromatic rings. The minimum Gasteiger partial charge on any atom is -0.477 e. The molecule has 0 saturated carbocycles. The van der Waals surface area contributed by atoms with Crippen molar-refractivity contribution in [2.45, 2.75) is 39.0 Å². The van der Waals surface area contributed by atoms with Crippen LogP contribution in [-0.4, -0.2) is 24.2 Å². The lowest BCUT2D eigenvalue weighted by Gasteiger charge is -2.22. The van der Waals surface area contributed by atoms with E-state index in [9.17, 15) is 9.90 Å². The van der Waals surface area contributed by atoms with Gasteiger partial charge in [-0.15, -0.1) is 11.3 Å². The Labute approximate surface area is 152 Å². The van der Waals surface area contributed by atoms with Crippen LogP contribution in [0.15, 0.2) is 29.8 Å². The summed E-state index contributed by atoms with van der Waals surface area (Å²) in [4.78, 5) is 13.6. The molecule has 1 aromatic carbocycles. The average Bonchev–Trinajstić information content (AvgIpc) is 2.92. The van der Waals surface area contributed by atoms with Gasteiger partial charge < -0.3 is 10.4 Å². The number of aromatic carboxylic acids is 1. The molecule has 0 atom stereocenters. The van der Waals surface area contributed by atoms with Crippen LogP contribution >= 0.6 is 11.3 Å². The van der Waals surface area contributed by atoms with Crippen LogP contribution in [0.2, 0.25) is 0 Å². The average molecular weight is 353 g/mol. The standard InChI is InChI=1S/C21H23NO2S/c1-2-15-19-17(25-20(15)21(23)24)8-7-13-5-3-4-6-16(13)18(19)14-9-11-22-12-10-14/h3-6,22H,2,7-12H2,1H3,(H,23,24). The second-order valence-corrected chi connectivity index (χ2v) is 7.86. The minimum absolute atomic E-state index is 0.541. The van der Waals surface area contributed by atoms with Crippen LogP contribution in [0.4, 0.5) is 0 Å². The Balaban J connectivity index is 2.03. The second-order valence-electron chi connectivity index (χ2n) is 6.75. The fourth-order valence-corrected chi connectivity index (χ4v) is 5.44. The van der Waals surface area contributed by atoms with Crippen molar-refractivity contribution in [3.63, 3.8) is 0 Å². The number of aryl methyl sites for hydroxylation is 2. The van der Waals surface area contributed by atoms with Crippen LogP contribution in [0.25, 0.3) is 5.57 Å². The Morgan fingerprint density at radius 2 is 1.92 bits per heavy atom. The van der Waals surface area contributed by atoms with Gasteiger partial charge in [0.1, 0.15) is 4.88 Å². The van der Waals surface area contributed by atoms with Crippen molar-refractivity contribution in [2.24, 2.45) is 0 Å². The number of nitrogens with one attached hydrogen (secondary N) is 1. The van der Waals surface area contributed by atoms with Crippen molar-refractivity contribution in [2.75, 3.05) is 13.1 Å². The number of piperidine rings is 1. The number of rotatable bonds is 2. The zero-order valence-electron chi connectivity index (χ0n) is 14.5. The lowest BCUT2D eigenvalue weighted by Crippen LogP contribution is -2.24. The summed E-state index contributed by atoms with van der Waals surface area (Å²) in [5, 5.41) is 13.1. The summed E-state index contributed by atoms with van der Waals surface area (Å²) >= 11 is 1.50. The van der Waals surface area contributed by atoms with Crippen molar-refractivity contribution in [3.05, 3.63) is 61.8 Å². The van der Waals surface area contributed by atoms with Crippen LogP contribution in [0.5, 0.6) is 0 Å². The molecule has 130 valence electrons. The molecule has 4 rings (SSSR count). The van der Waals surface area contributed by atoms with Crippen molar-refractivity contribution in [1.29, 1.82) is 0 Å². The highest BCUT2D eigenvalue weighted by molar-refractivity contribution is 7.14. The predicted molar refractivity (Wildman–Crippen MR) is 103 cm³/mol. The molecule has 0 bridgehead atoms. The number of fused-ring (bicyclic) bond motifs is 2. The van der Waals surface area contributed by atoms with Gasteiger partial charge in [0.15, 0.2) is 0 Å². The predicted octanol–water partition coefficient (Wildman–Crippen LogP) is 4.29. The Bertz CT molecular complexity index is 855. The van der Waals surface area contributed by atoms with Crippen LogP contribution < -0.4 is 5.32 Å². The third-order valence-electron chi connectivity index (χ3n) is 5.35. The highest BCUT2D eigenvalue weighted by atomic mass is 32.1. The van der Waals surface area contributed by atoms with E-state index < -0.39 is 5.97 Å². The third-order valence-corrected chi connectivity index (χ3v) is 6.63. The van der Waals surface area contributed by atoms with E-state index in [0.29, 0.717) is 4.88 Å². The van der Waals surface area contributed by atoms with E-state index in [1.807, 2.05) is 0 Å². The van der Waals surface area contributed by atoms with E-state index in [-0.39, 0.29) is 0 Å². The smallest absolute Gasteiger partial charge is 0.346 e. The van der Waals surface area contributed by atoms with Gasteiger partial charge in [-0.1, -0.05) is 36.8 Å². The first-order chi connectivity index (χ1) is 12.2. The number of thiophene rings is 1. The maximum absolute atomic E-state index is 11.8. The highest BCUT2D eigenvalue weighted by Crippen LogP contribution is 2.44. The molecular formula is C21H23NO2S. The number of carboxylic acids is 1. The van der Waals surface area contributed by atoms with Crippen LogP contribution in [0, 0.1) is 0 Å². The largest absolute Gasteiger partial charge is 0.477 e. The molecule has 0 radical (unpaired) electrons. The molecule has 2 N–H and O–H groups in total. The molecule has 3 nitrogen and oxygen atoms in total. The Morgan fingerprint density at radius 3 is 2.64 bits per heavy atom. The molecule has 0 spiro atoms. The first-order valence-electron chi connectivity index (χ1n) is 9.10. The second kappa shape index (κ2) is 6.77. The molecule has 1 aliphatic heterocycles. The molecule has 0 unspecified atom stereocenters. The van der Waals surface area contributed by atoms with Crippen molar-refractivity contribution in [1.82, 2.24) is 5.32 Å². The minimum atomic E-state index is -0.780. The Hall–Kier alpha value is -1.91. The van der Waals surface area contributed by atoms with Crippen molar-refractivity contribution < 1.29 is 9.90 Å². The van der Waals surface area contributed by atoms with Gasteiger partial charge in [-0.25, -0.2) is 4.79 Å². The molecule has 25 heavy (non-hydrogen) atoms. The summed E-state index contributed by atoms with van der Waals surface area (Å²) in [7, 11) is 0. The van der Waals surface area contributed by atoms with E-state index in [2.05, 4.69) is 36.5 Å². The Morgan fingerprint density at radius 1 is 1.16 bits per heavy atom.